The van der Waals surface area contributed by atoms with Crippen LogP contribution in [0.15, 0.2) is 41.3 Å². The topological polar surface area (TPSA) is 75.6 Å². The van der Waals surface area contributed by atoms with Gasteiger partial charge in [-0.2, -0.15) is 9.29 Å². The molecule has 128 valence electrons. The molecule has 1 fully saturated rings. The number of sulfonamides is 1. The molecule has 0 N–H and O–H groups in total. The van der Waals surface area contributed by atoms with E-state index >= 15 is 0 Å². The van der Waals surface area contributed by atoms with Crippen LogP contribution in [0.4, 0.5) is 5.82 Å². The van der Waals surface area contributed by atoms with Gasteiger partial charge in [0.25, 0.3) is 0 Å². The van der Waals surface area contributed by atoms with Gasteiger partial charge in [0.2, 0.25) is 15.9 Å². The molecule has 8 heteroatoms. The number of benzene rings is 1. The first-order valence-corrected chi connectivity index (χ1v) is 9.14. The van der Waals surface area contributed by atoms with Gasteiger partial charge < -0.3 is 9.64 Å². The largest absolute Gasteiger partial charge is 0.481 e. The molecule has 2 heterocycles. The zero-order valence-electron chi connectivity index (χ0n) is 13.7. The van der Waals surface area contributed by atoms with Crippen LogP contribution in [-0.2, 0) is 10.0 Å². The summed E-state index contributed by atoms with van der Waals surface area (Å²) in [6.07, 6.45) is 0. The average Bonchev–Trinajstić information content (AvgIpc) is 2.62. The summed E-state index contributed by atoms with van der Waals surface area (Å²) in [5.41, 5.74) is 0. The molecule has 7 nitrogen and oxygen atoms in total. The molecule has 0 aliphatic carbocycles. The van der Waals surface area contributed by atoms with Crippen LogP contribution in [0.2, 0.25) is 0 Å². The molecule has 0 radical (unpaired) electrons. The number of hydrogen-bond acceptors (Lipinski definition) is 6. The van der Waals surface area contributed by atoms with E-state index in [0.717, 1.165) is 5.82 Å². The van der Waals surface area contributed by atoms with Gasteiger partial charge in [0, 0.05) is 32.2 Å². The van der Waals surface area contributed by atoms with Crippen molar-refractivity contribution in [3.63, 3.8) is 0 Å². The van der Waals surface area contributed by atoms with Crippen LogP contribution in [0.25, 0.3) is 0 Å². The number of hydrogen-bond donors (Lipinski definition) is 0. The van der Waals surface area contributed by atoms with Gasteiger partial charge in [0.05, 0.1) is 12.0 Å². The van der Waals surface area contributed by atoms with Crippen LogP contribution in [0.5, 0.6) is 5.88 Å². The number of anilines is 1. The van der Waals surface area contributed by atoms with Gasteiger partial charge >= 0.3 is 0 Å². The number of piperazine rings is 1. The Kier molecular flexibility index (Phi) is 4.68. The smallest absolute Gasteiger partial charge is 0.243 e. The van der Waals surface area contributed by atoms with Gasteiger partial charge in [0.1, 0.15) is 11.6 Å². The van der Waals surface area contributed by atoms with Gasteiger partial charge in [-0.25, -0.2) is 13.4 Å². The Bertz CT molecular complexity index is 803. The van der Waals surface area contributed by atoms with E-state index in [1.165, 1.54) is 4.31 Å². The minimum atomic E-state index is -3.44. The fraction of sp³-hybridized carbons (Fsp3) is 0.375. The maximum absolute atomic E-state index is 12.6. The molecular weight excluding hydrogens is 328 g/mol. The van der Waals surface area contributed by atoms with E-state index in [9.17, 15) is 8.42 Å². The number of aryl methyl sites for hydroxylation is 1. The highest BCUT2D eigenvalue weighted by molar-refractivity contribution is 7.89. The quantitative estimate of drug-likeness (QED) is 0.829. The van der Waals surface area contributed by atoms with E-state index in [-0.39, 0.29) is 0 Å². The molecule has 1 aromatic heterocycles. The van der Waals surface area contributed by atoms with Gasteiger partial charge in [-0.15, -0.1) is 0 Å². The summed E-state index contributed by atoms with van der Waals surface area (Å²) in [6.45, 7) is 3.80. The lowest BCUT2D eigenvalue weighted by Gasteiger charge is -2.34. The molecule has 1 saturated heterocycles. The van der Waals surface area contributed by atoms with Crippen LogP contribution in [-0.4, -0.2) is 56.0 Å². The third kappa shape index (κ3) is 3.34. The first-order valence-electron chi connectivity index (χ1n) is 7.70. The second-order valence-corrected chi connectivity index (χ2v) is 7.46. The van der Waals surface area contributed by atoms with E-state index in [4.69, 9.17) is 4.74 Å². The molecule has 3 rings (SSSR count). The van der Waals surface area contributed by atoms with Crippen molar-refractivity contribution in [1.82, 2.24) is 14.3 Å². The Morgan fingerprint density at radius 1 is 1.04 bits per heavy atom. The first-order chi connectivity index (χ1) is 11.5. The van der Waals surface area contributed by atoms with E-state index in [1.807, 2.05) is 17.9 Å². The fourth-order valence-electron chi connectivity index (χ4n) is 2.69. The third-order valence-corrected chi connectivity index (χ3v) is 5.87. The SMILES string of the molecule is COc1cc(N2CCN(S(=O)(=O)c3ccccc3)CC2)nc(C)n1. The molecule has 0 amide bonds. The van der Waals surface area contributed by atoms with E-state index < -0.39 is 10.0 Å². The summed E-state index contributed by atoms with van der Waals surface area (Å²) in [5, 5.41) is 0. The summed E-state index contributed by atoms with van der Waals surface area (Å²) >= 11 is 0. The lowest BCUT2D eigenvalue weighted by Crippen LogP contribution is -2.49. The monoisotopic (exact) mass is 348 g/mol. The maximum Gasteiger partial charge on any atom is 0.243 e. The zero-order valence-corrected chi connectivity index (χ0v) is 14.5. The Morgan fingerprint density at radius 3 is 2.33 bits per heavy atom. The Hall–Kier alpha value is -2.19. The number of aromatic nitrogens is 2. The van der Waals surface area contributed by atoms with Gasteiger partial charge in [-0.1, -0.05) is 18.2 Å². The van der Waals surface area contributed by atoms with Gasteiger partial charge in [0.15, 0.2) is 0 Å². The second kappa shape index (κ2) is 6.74. The van der Waals surface area contributed by atoms with Crippen molar-refractivity contribution < 1.29 is 13.2 Å². The van der Waals surface area contributed by atoms with Crippen LogP contribution in [0.3, 0.4) is 0 Å². The number of ether oxygens (including phenoxy) is 1. The highest BCUT2D eigenvalue weighted by atomic mass is 32.2. The summed E-state index contributed by atoms with van der Waals surface area (Å²) in [6, 6.07) is 10.3. The van der Waals surface area contributed by atoms with E-state index in [1.54, 1.807) is 37.4 Å². The maximum atomic E-state index is 12.6. The van der Waals surface area contributed by atoms with Crippen molar-refractivity contribution in [2.45, 2.75) is 11.8 Å². The van der Waals surface area contributed by atoms with Crippen molar-refractivity contribution >= 4 is 15.8 Å². The van der Waals surface area contributed by atoms with E-state index in [2.05, 4.69) is 9.97 Å². The second-order valence-electron chi connectivity index (χ2n) is 5.52. The Balaban J connectivity index is 1.73. The Labute approximate surface area is 142 Å². The highest BCUT2D eigenvalue weighted by Crippen LogP contribution is 2.22. The van der Waals surface area contributed by atoms with Gasteiger partial charge in [-0.3, -0.25) is 0 Å². The molecular formula is C16H20N4O3S. The highest BCUT2D eigenvalue weighted by Gasteiger charge is 2.29. The molecule has 0 unspecified atom stereocenters. The molecule has 2 aromatic rings. The summed E-state index contributed by atoms with van der Waals surface area (Å²) in [4.78, 5) is 11.0. The van der Waals surface area contributed by atoms with E-state index in [0.29, 0.717) is 42.8 Å². The minimum absolute atomic E-state index is 0.331. The molecule has 0 atom stereocenters. The van der Waals surface area contributed by atoms with Crippen molar-refractivity contribution in [3.05, 3.63) is 42.2 Å². The van der Waals surface area contributed by atoms with Crippen molar-refractivity contribution in [2.75, 3.05) is 38.2 Å². The van der Waals surface area contributed by atoms with Gasteiger partial charge in [-0.05, 0) is 19.1 Å². The van der Waals surface area contributed by atoms with Crippen molar-refractivity contribution in [3.8, 4) is 5.88 Å². The number of nitrogens with zero attached hydrogens (tertiary/aromatic N) is 4. The molecule has 0 spiro atoms. The predicted molar refractivity (Wildman–Crippen MR) is 90.7 cm³/mol. The molecule has 1 aliphatic rings. The normalized spacial score (nSPS) is 16.2. The van der Waals surface area contributed by atoms with Crippen molar-refractivity contribution in [1.29, 1.82) is 0 Å². The molecule has 24 heavy (non-hydrogen) atoms. The summed E-state index contributed by atoms with van der Waals surface area (Å²) in [5.74, 6) is 1.90. The molecule has 0 bridgehead atoms. The zero-order chi connectivity index (χ0) is 17.2. The van der Waals surface area contributed by atoms with Crippen LogP contribution >= 0.6 is 0 Å². The van der Waals surface area contributed by atoms with Crippen LogP contribution < -0.4 is 9.64 Å². The predicted octanol–water partition coefficient (Wildman–Crippen LogP) is 1.30. The standard InChI is InChI=1S/C16H20N4O3S/c1-13-17-15(12-16(18-13)23-2)19-8-10-20(11-9-19)24(21,22)14-6-4-3-5-7-14/h3-7,12H,8-11H2,1-2H3. The average molecular weight is 348 g/mol. The fourth-order valence-corrected chi connectivity index (χ4v) is 4.13. The molecule has 0 saturated carbocycles. The van der Waals surface area contributed by atoms with Crippen molar-refractivity contribution in [2.24, 2.45) is 0 Å². The Morgan fingerprint density at radius 2 is 1.71 bits per heavy atom. The minimum Gasteiger partial charge on any atom is -0.481 e. The summed E-state index contributed by atoms with van der Waals surface area (Å²) < 4.78 is 32.0. The summed E-state index contributed by atoms with van der Waals surface area (Å²) in [7, 11) is -1.87. The number of rotatable bonds is 4. The van der Waals surface area contributed by atoms with Crippen LogP contribution in [0.1, 0.15) is 5.82 Å². The molecule has 1 aliphatic heterocycles. The lowest BCUT2D eigenvalue weighted by molar-refractivity contribution is 0.380. The lowest BCUT2D eigenvalue weighted by atomic mass is 10.3. The molecule has 1 aromatic carbocycles. The first kappa shape index (κ1) is 16.7. The number of methoxy groups -OCH3 is 1. The van der Waals surface area contributed by atoms with Crippen LogP contribution in [0, 0.1) is 6.92 Å². The third-order valence-electron chi connectivity index (χ3n) is 3.95.